The molecule has 3 rings (SSSR count). The van der Waals surface area contributed by atoms with Crippen LogP contribution >= 0.6 is 0 Å². The molecule has 2 aromatic carbocycles. The van der Waals surface area contributed by atoms with Gasteiger partial charge in [0.05, 0.1) is 11.9 Å². The number of carbonyl (C=O) groups is 1. The molecule has 0 radical (unpaired) electrons. The van der Waals surface area contributed by atoms with Crippen LogP contribution in [0.5, 0.6) is 0 Å². The fourth-order valence-electron chi connectivity index (χ4n) is 2.80. The van der Waals surface area contributed by atoms with Gasteiger partial charge >= 0.3 is 0 Å². The maximum absolute atomic E-state index is 14.1. The van der Waals surface area contributed by atoms with Gasteiger partial charge in [-0.15, -0.1) is 0 Å². The normalized spacial score (nSPS) is 11.1. The molecule has 0 unspecified atom stereocenters. The lowest BCUT2D eigenvalue weighted by Gasteiger charge is -2.16. The molecular weight excluding hydrogens is 333 g/mol. The molecule has 1 aromatic heterocycles. The largest absolute Gasteiger partial charge is 0.283 e. The molecule has 6 heteroatoms. The summed E-state index contributed by atoms with van der Waals surface area (Å²) in [6.45, 7) is 3.97. The van der Waals surface area contributed by atoms with Crippen LogP contribution in [0.15, 0.2) is 53.3 Å². The lowest BCUT2D eigenvalue weighted by molar-refractivity contribution is -0.116. The van der Waals surface area contributed by atoms with Crippen LogP contribution in [-0.2, 0) is 17.6 Å². The molecular formula is C20H20FN3O2. The van der Waals surface area contributed by atoms with E-state index in [4.69, 9.17) is 0 Å². The van der Waals surface area contributed by atoms with Gasteiger partial charge in [-0.2, -0.15) is 0 Å². The number of hydrogen-bond acceptors (Lipinski definition) is 3. The summed E-state index contributed by atoms with van der Waals surface area (Å²) in [6.07, 6.45) is 0.594. The Bertz CT molecular complexity index is 997. The molecule has 1 amide bonds. The van der Waals surface area contributed by atoms with Crippen LogP contribution < -0.4 is 11.0 Å². The van der Waals surface area contributed by atoms with E-state index >= 15 is 0 Å². The molecule has 0 atom stereocenters. The number of fused-ring (bicyclic) bond motifs is 1. The van der Waals surface area contributed by atoms with E-state index in [1.807, 2.05) is 44.2 Å². The molecule has 1 N–H and O–H groups in total. The highest BCUT2D eigenvalue weighted by atomic mass is 19.1. The summed E-state index contributed by atoms with van der Waals surface area (Å²) >= 11 is 0. The first-order valence-corrected chi connectivity index (χ1v) is 8.49. The monoisotopic (exact) mass is 353 g/mol. The molecule has 0 aliphatic heterocycles. The third kappa shape index (κ3) is 3.79. The van der Waals surface area contributed by atoms with Crippen LogP contribution in [-0.4, -0.2) is 15.6 Å². The highest BCUT2D eigenvalue weighted by Crippen LogP contribution is 2.14. The smallest absolute Gasteiger partial charge is 0.273 e. The molecule has 5 nitrogen and oxygen atoms in total. The average molecular weight is 353 g/mol. The molecule has 134 valence electrons. The van der Waals surface area contributed by atoms with Crippen LogP contribution in [0, 0.1) is 11.7 Å². The summed E-state index contributed by atoms with van der Waals surface area (Å²) in [4.78, 5) is 29.6. The minimum atomic E-state index is -0.651. The van der Waals surface area contributed by atoms with E-state index in [0.717, 1.165) is 10.2 Å². The van der Waals surface area contributed by atoms with Crippen molar-refractivity contribution in [3.8, 4) is 0 Å². The number of amides is 1. The van der Waals surface area contributed by atoms with E-state index < -0.39 is 11.4 Å². The number of nitrogens with one attached hydrogen (secondary N) is 1. The first-order chi connectivity index (χ1) is 12.5. The van der Waals surface area contributed by atoms with Gasteiger partial charge < -0.3 is 0 Å². The highest BCUT2D eigenvalue weighted by Gasteiger charge is 2.17. The van der Waals surface area contributed by atoms with Gasteiger partial charge in [-0.1, -0.05) is 50.2 Å². The molecule has 0 saturated carbocycles. The minimum Gasteiger partial charge on any atom is -0.273 e. The number of carbonyl (C=O) groups excluding carboxylic acids is 1. The van der Waals surface area contributed by atoms with Gasteiger partial charge in [-0.05, 0) is 23.6 Å². The Kier molecular flexibility index (Phi) is 5.11. The summed E-state index contributed by atoms with van der Waals surface area (Å²) in [5, 5.41) is -0.125. The Morgan fingerprint density at radius 2 is 1.88 bits per heavy atom. The quantitative estimate of drug-likeness (QED) is 0.767. The van der Waals surface area contributed by atoms with Crippen LogP contribution in [0.2, 0.25) is 0 Å². The highest BCUT2D eigenvalue weighted by molar-refractivity contribution is 5.86. The van der Waals surface area contributed by atoms with E-state index in [9.17, 15) is 14.0 Å². The molecule has 0 bridgehead atoms. The predicted molar refractivity (Wildman–Crippen MR) is 99.0 cm³/mol. The van der Waals surface area contributed by atoms with Crippen molar-refractivity contribution in [2.24, 2.45) is 5.92 Å². The lowest BCUT2D eigenvalue weighted by atomic mass is 10.1. The summed E-state index contributed by atoms with van der Waals surface area (Å²) in [5.41, 5.74) is 3.10. The Hall–Kier alpha value is -3.02. The SMILES string of the molecule is CC(C)Cc1nc2cccc(F)c2c(=O)n1NC(=O)Cc1ccccc1. The van der Waals surface area contributed by atoms with Gasteiger partial charge in [-0.3, -0.25) is 15.0 Å². The van der Waals surface area contributed by atoms with E-state index in [2.05, 4.69) is 10.4 Å². The molecule has 26 heavy (non-hydrogen) atoms. The standard InChI is InChI=1S/C20H20FN3O2/c1-13(2)11-17-22-16-10-6-9-15(21)19(16)20(26)24(17)23-18(25)12-14-7-4-3-5-8-14/h3-10,13H,11-12H2,1-2H3,(H,23,25). The molecule has 0 saturated heterocycles. The topological polar surface area (TPSA) is 64.0 Å². The molecule has 0 fully saturated rings. The van der Waals surface area contributed by atoms with Gasteiger partial charge in [-0.25, -0.2) is 14.1 Å². The molecule has 0 aliphatic rings. The summed E-state index contributed by atoms with van der Waals surface area (Å²) in [7, 11) is 0. The van der Waals surface area contributed by atoms with Gasteiger partial charge in [0, 0.05) is 6.42 Å². The Morgan fingerprint density at radius 3 is 2.58 bits per heavy atom. The number of nitrogens with zero attached hydrogens (tertiary/aromatic N) is 2. The molecule has 3 aromatic rings. The van der Waals surface area contributed by atoms with Crippen molar-refractivity contribution in [1.82, 2.24) is 9.66 Å². The van der Waals surface area contributed by atoms with Crippen molar-refractivity contribution in [3.63, 3.8) is 0 Å². The van der Waals surface area contributed by atoms with Crippen molar-refractivity contribution in [2.75, 3.05) is 5.43 Å². The van der Waals surface area contributed by atoms with E-state index in [1.165, 1.54) is 12.1 Å². The first-order valence-electron chi connectivity index (χ1n) is 8.49. The van der Waals surface area contributed by atoms with Gasteiger partial charge in [0.1, 0.15) is 17.0 Å². The van der Waals surface area contributed by atoms with Crippen LogP contribution in [0.1, 0.15) is 25.2 Å². The van der Waals surface area contributed by atoms with Crippen LogP contribution in [0.4, 0.5) is 4.39 Å². The second kappa shape index (κ2) is 7.47. The van der Waals surface area contributed by atoms with Crippen molar-refractivity contribution in [1.29, 1.82) is 0 Å². The van der Waals surface area contributed by atoms with E-state index in [-0.39, 0.29) is 23.6 Å². The summed E-state index contributed by atoms with van der Waals surface area (Å²) < 4.78 is 15.2. The summed E-state index contributed by atoms with van der Waals surface area (Å²) in [5.74, 6) is -0.391. The zero-order valence-electron chi connectivity index (χ0n) is 14.7. The Balaban J connectivity index is 2.02. The maximum Gasteiger partial charge on any atom is 0.283 e. The Morgan fingerprint density at radius 1 is 1.15 bits per heavy atom. The predicted octanol–water partition coefficient (Wildman–Crippen LogP) is 3.05. The Labute approximate surface area is 150 Å². The van der Waals surface area contributed by atoms with Crippen molar-refractivity contribution < 1.29 is 9.18 Å². The van der Waals surface area contributed by atoms with Crippen molar-refractivity contribution in [2.45, 2.75) is 26.7 Å². The average Bonchev–Trinajstić information content (AvgIpc) is 2.58. The van der Waals surface area contributed by atoms with Crippen LogP contribution in [0.3, 0.4) is 0 Å². The zero-order valence-corrected chi connectivity index (χ0v) is 14.7. The zero-order chi connectivity index (χ0) is 18.7. The second-order valence-corrected chi connectivity index (χ2v) is 6.60. The van der Waals surface area contributed by atoms with E-state index in [1.54, 1.807) is 6.07 Å². The lowest BCUT2D eigenvalue weighted by Crippen LogP contribution is -2.37. The summed E-state index contributed by atoms with van der Waals surface area (Å²) in [6, 6.07) is 13.5. The number of rotatable bonds is 5. The molecule has 0 spiro atoms. The van der Waals surface area contributed by atoms with Crippen LogP contribution in [0.25, 0.3) is 10.9 Å². The fraction of sp³-hybridized carbons (Fsp3) is 0.250. The number of aromatic nitrogens is 2. The van der Waals surface area contributed by atoms with Crippen molar-refractivity contribution in [3.05, 3.63) is 76.1 Å². The number of halogens is 1. The first kappa shape index (κ1) is 17.8. The maximum atomic E-state index is 14.1. The molecule has 1 heterocycles. The number of hydrogen-bond donors (Lipinski definition) is 1. The number of benzene rings is 2. The fourth-order valence-corrected chi connectivity index (χ4v) is 2.80. The third-order valence-electron chi connectivity index (χ3n) is 3.95. The van der Waals surface area contributed by atoms with Crippen molar-refractivity contribution >= 4 is 16.8 Å². The van der Waals surface area contributed by atoms with Gasteiger partial charge in [0.15, 0.2) is 0 Å². The van der Waals surface area contributed by atoms with E-state index in [0.29, 0.717) is 17.8 Å². The second-order valence-electron chi connectivity index (χ2n) is 6.60. The van der Waals surface area contributed by atoms with Gasteiger partial charge in [0.25, 0.3) is 5.56 Å². The molecule has 0 aliphatic carbocycles. The van der Waals surface area contributed by atoms with Gasteiger partial charge in [0.2, 0.25) is 5.91 Å². The minimum absolute atomic E-state index is 0.115. The third-order valence-corrected chi connectivity index (χ3v) is 3.95.